The predicted molar refractivity (Wildman–Crippen MR) is 84.2 cm³/mol. The number of halogens is 2. The Hall–Kier alpha value is -1.42. The van der Waals surface area contributed by atoms with Gasteiger partial charge < -0.3 is 14.9 Å². The first-order valence-electron chi connectivity index (χ1n) is 6.49. The van der Waals surface area contributed by atoms with Crippen molar-refractivity contribution in [2.24, 2.45) is 0 Å². The molecule has 0 saturated heterocycles. The Morgan fingerprint density at radius 3 is 1.33 bits per heavy atom. The molecule has 0 heterocycles. The van der Waals surface area contributed by atoms with E-state index in [1.54, 1.807) is 48.5 Å². The van der Waals surface area contributed by atoms with Gasteiger partial charge in [0.1, 0.15) is 11.5 Å². The fourth-order valence-electron chi connectivity index (χ4n) is 1.98. The Balaban J connectivity index is 2.15. The van der Waals surface area contributed by atoms with Gasteiger partial charge in [0, 0.05) is 0 Å². The van der Waals surface area contributed by atoms with E-state index in [0.717, 1.165) is 11.1 Å². The molecule has 112 valence electrons. The van der Waals surface area contributed by atoms with E-state index >= 15 is 0 Å². The van der Waals surface area contributed by atoms with Gasteiger partial charge in [-0.25, -0.2) is 0 Å². The zero-order valence-electron chi connectivity index (χ0n) is 11.2. The lowest BCUT2D eigenvalue weighted by Crippen LogP contribution is -2.13. The van der Waals surface area contributed by atoms with Crippen LogP contribution in [0.4, 0.5) is 0 Å². The molecule has 3 nitrogen and oxygen atoms in total. The number of aromatic hydroxyl groups is 2. The lowest BCUT2D eigenvalue weighted by molar-refractivity contribution is 0.00989. The predicted octanol–water partition coefficient (Wildman–Crippen LogP) is 4.37. The van der Waals surface area contributed by atoms with Gasteiger partial charge in [-0.1, -0.05) is 24.3 Å². The Bertz CT molecular complexity index is 503. The molecule has 0 fully saturated rings. The van der Waals surface area contributed by atoms with Gasteiger partial charge in [0.25, 0.3) is 0 Å². The Morgan fingerprint density at radius 2 is 1.05 bits per heavy atom. The number of hydrogen-bond acceptors (Lipinski definition) is 3. The molecular formula is C16H16Cl2O3. The van der Waals surface area contributed by atoms with E-state index in [-0.39, 0.29) is 35.5 Å². The van der Waals surface area contributed by atoms with Gasteiger partial charge >= 0.3 is 0 Å². The molecule has 0 aliphatic heterocycles. The molecule has 21 heavy (non-hydrogen) atoms. The van der Waals surface area contributed by atoms with Crippen LogP contribution in [0, 0.1) is 0 Å². The number of alkyl halides is 2. The summed E-state index contributed by atoms with van der Waals surface area (Å²) in [4.78, 5) is 0. The van der Waals surface area contributed by atoms with E-state index in [2.05, 4.69) is 0 Å². The molecule has 2 aromatic carbocycles. The highest BCUT2D eigenvalue weighted by Crippen LogP contribution is 2.30. The monoisotopic (exact) mass is 326 g/mol. The molecule has 0 radical (unpaired) electrons. The summed E-state index contributed by atoms with van der Waals surface area (Å²) in [5.41, 5.74) is 1.74. The highest BCUT2D eigenvalue weighted by molar-refractivity contribution is 6.18. The molecule has 0 spiro atoms. The molecule has 0 saturated carbocycles. The van der Waals surface area contributed by atoms with Gasteiger partial charge in [-0.2, -0.15) is 0 Å². The van der Waals surface area contributed by atoms with Crippen LogP contribution in [0.25, 0.3) is 0 Å². The molecule has 0 aliphatic carbocycles. The molecule has 0 bridgehead atoms. The highest BCUT2D eigenvalue weighted by atomic mass is 35.5. The first-order chi connectivity index (χ1) is 10.1. The Labute approximate surface area is 133 Å². The Morgan fingerprint density at radius 1 is 0.714 bits per heavy atom. The number of phenolic OH excluding ortho intramolecular Hbond substituents is 2. The number of phenols is 2. The van der Waals surface area contributed by atoms with Crippen LogP contribution in [-0.4, -0.2) is 22.0 Å². The molecule has 0 amide bonds. The van der Waals surface area contributed by atoms with Crippen molar-refractivity contribution in [3.05, 3.63) is 59.7 Å². The minimum Gasteiger partial charge on any atom is -0.508 e. The van der Waals surface area contributed by atoms with Crippen LogP contribution < -0.4 is 0 Å². The summed E-state index contributed by atoms with van der Waals surface area (Å²) >= 11 is 12.0. The summed E-state index contributed by atoms with van der Waals surface area (Å²) < 4.78 is 5.97. The first kappa shape index (κ1) is 16.0. The van der Waals surface area contributed by atoms with Crippen molar-refractivity contribution in [3.8, 4) is 11.5 Å². The second kappa shape index (κ2) is 7.55. The summed E-state index contributed by atoms with van der Waals surface area (Å²) in [6.07, 6.45) is -0.658. The van der Waals surface area contributed by atoms with Gasteiger partial charge in [0.05, 0.1) is 24.0 Å². The maximum atomic E-state index is 9.32. The van der Waals surface area contributed by atoms with Crippen LogP contribution in [0.5, 0.6) is 11.5 Å². The van der Waals surface area contributed by atoms with Crippen LogP contribution in [0.1, 0.15) is 23.3 Å². The van der Waals surface area contributed by atoms with Crippen molar-refractivity contribution in [2.75, 3.05) is 11.8 Å². The van der Waals surface area contributed by atoms with E-state index < -0.39 is 0 Å². The van der Waals surface area contributed by atoms with E-state index in [0.29, 0.717) is 0 Å². The second-order valence-corrected chi connectivity index (χ2v) is 5.22. The number of ether oxygens (including phenoxy) is 1. The van der Waals surface area contributed by atoms with E-state index in [4.69, 9.17) is 27.9 Å². The van der Waals surface area contributed by atoms with Crippen LogP contribution >= 0.6 is 23.2 Å². The zero-order chi connectivity index (χ0) is 15.2. The van der Waals surface area contributed by atoms with E-state index in [1.807, 2.05) is 0 Å². The van der Waals surface area contributed by atoms with E-state index in [9.17, 15) is 10.2 Å². The van der Waals surface area contributed by atoms with Gasteiger partial charge in [-0.05, 0) is 35.4 Å². The average molecular weight is 327 g/mol. The smallest absolute Gasteiger partial charge is 0.115 e. The molecule has 2 aromatic rings. The lowest BCUT2D eigenvalue weighted by Gasteiger charge is -2.23. The molecule has 2 unspecified atom stereocenters. The molecule has 0 aromatic heterocycles. The minimum atomic E-state index is -0.329. The van der Waals surface area contributed by atoms with Crippen LogP contribution in [-0.2, 0) is 4.74 Å². The number of benzene rings is 2. The average Bonchev–Trinajstić information content (AvgIpc) is 2.51. The largest absolute Gasteiger partial charge is 0.508 e. The summed E-state index contributed by atoms with van der Waals surface area (Å²) in [6.45, 7) is 0. The van der Waals surface area contributed by atoms with Crippen LogP contribution in [0.15, 0.2) is 48.5 Å². The summed E-state index contributed by atoms with van der Waals surface area (Å²) in [5, 5.41) is 18.6. The summed E-state index contributed by atoms with van der Waals surface area (Å²) in [7, 11) is 0. The number of rotatable bonds is 6. The van der Waals surface area contributed by atoms with Crippen LogP contribution in [0.2, 0.25) is 0 Å². The molecule has 2 atom stereocenters. The standard InChI is InChI=1S/C16H16Cl2O3/c17-9-15(11-1-5-13(19)6-2-11)21-16(10-18)12-3-7-14(20)8-4-12/h1-8,15-16,19-20H,9-10H2. The first-order valence-corrected chi connectivity index (χ1v) is 7.56. The van der Waals surface area contributed by atoms with Crippen molar-refractivity contribution in [2.45, 2.75) is 12.2 Å². The SMILES string of the molecule is Oc1ccc(C(CCl)OC(CCl)c2ccc(O)cc2)cc1. The van der Waals surface area contributed by atoms with Gasteiger partial charge in [-0.3, -0.25) is 0 Å². The quantitative estimate of drug-likeness (QED) is 0.775. The van der Waals surface area contributed by atoms with Crippen molar-refractivity contribution in [3.63, 3.8) is 0 Å². The normalized spacial score (nSPS) is 13.8. The van der Waals surface area contributed by atoms with Gasteiger partial charge in [0.15, 0.2) is 0 Å². The molecule has 5 heteroatoms. The maximum Gasteiger partial charge on any atom is 0.115 e. The van der Waals surface area contributed by atoms with Crippen molar-refractivity contribution >= 4 is 23.2 Å². The van der Waals surface area contributed by atoms with Gasteiger partial charge in [-0.15, -0.1) is 23.2 Å². The summed E-state index contributed by atoms with van der Waals surface area (Å²) in [5.74, 6) is 0.936. The van der Waals surface area contributed by atoms with E-state index in [1.165, 1.54) is 0 Å². The van der Waals surface area contributed by atoms with Crippen molar-refractivity contribution in [1.29, 1.82) is 0 Å². The fraction of sp³-hybridized carbons (Fsp3) is 0.250. The van der Waals surface area contributed by atoms with Crippen molar-refractivity contribution < 1.29 is 14.9 Å². The maximum absolute atomic E-state index is 9.32. The third-order valence-corrected chi connectivity index (χ3v) is 3.70. The van der Waals surface area contributed by atoms with Crippen LogP contribution in [0.3, 0.4) is 0 Å². The topological polar surface area (TPSA) is 49.7 Å². The highest BCUT2D eigenvalue weighted by Gasteiger charge is 2.19. The lowest BCUT2D eigenvalue weighted by atomic mass is 10.1. The zero-order valence-corrected chi connectivity index (χ0v) is 12.8. The summed E-state index contributed by atoms with van der Waals surface area (Å²) in [6, 6.07) is 13.4. The van der Waals surface area contributed by atoms with Gasteiger partial charge in [0.2, 0.25) is 0 Å². The Kier molecular flexibility index (Phi) is 5.74. The molecule has 2 rings (SSSR count). The molecular weight excluding hydrogens is 311 g/mol. The molecule has 2 N–H and O–H groups in total. The van der Waals surface area contributed by atoms with Crippen molar-refractivity contribution in [1.82, 2.24) is 0 Å². The molecule has 0 aliphatic rings. The number of hydrogen-bond donors (Lipinski definition) is 2. The third kappa shape index (κ3) is 4.27. The second-order valence-electron chi connectivity index (χ2n) is 4.61. The fourth-order valence-corrected chi connectivity index (χ4v) is 2.49. The third-order valence-electron chi connectivity index (χ3n) is 3.14. The minimum absolute atomic E-state index is 0.194.